The molecule has 116 valence electrons. The first kappa shape index (κ1) is 16.1. The fourth-order valence-corrected chi connectivity index (χ4v) is 4.41. The molecule has 0 spiro atoms. The van der Waals surface area contributed by atoms with Gasteiger partial charge in [-0.2, -0.15) is 0 Å². The number of halogens is 1. The number of hydrogen-bond donors (Lipinski definition) is 0. The number of carbonyl (C=O) groups is 1. The minimum atomic E-state index is 0.280. The zero-order valence-corrected chi connectivity index (χ0v) is 13.9. The summed E-state index contributed by atoms with van der Waals surface area (Å²) in [4.78, 5) is 14.8. The van der Waals surface area contributed by atoms with Crippen LogP contribution in [0.3, 0.4) is 0 Å². The van der Waals surface area contributed by atoms with Gasteiger partial charge in [-0.25, -0.2) is 0 Å². The minimum absolute atomic E-state index is 0.280. The van der Waals surface area contributed by atoms with Gasteiger partial charge in [0.15, 0.2) is 0 Å². The Morgan fingerprint density at radius 3 is 2.50 bits per heavy atom. The van der Waals surface area contributed by atoms with Gasteiger partial charge >= 0.3 is 0 Å². The van der Waals surface area contributed by atoms with Crippen molar-refractivity contribution in [2.75, 3.05) is 12.4 Å². The van der Waals surface area contributed by atoms with E-state index in [0.29, 0.717) is 17.7 Å². The van der Waals surface area contributed by atoms with Crippen LogP contribution in [0.15, 0.2) is 0 Å². The summed E-state index contributed by atoms with van der Waals surface area (Å²) < 4.78 is 0. The van der Waals surface area contributed by atoms with Crippen molar-refractivity contribution in [2.45, 2.75) is 71.3 Å². The van der Waals surface area contributed by atoms with Crippen molar-refractivity contribution in [1.82, 2.24) is 4.90 Å². The molecule has 2 rings (SSSR count). The molecule has 0 bridgehead atoms. The van der Waals surface area contributed by atoms with E-state index >= 15 is 0 Å². The SMILES string of the molecule is CCCCC1CCC(C(=O)N2CCC(C)C2CCl)CC1. The van der Waals surface area contributed by atoms with E-state index in [2.05, 4.69) is 18.7 Å². The van der Waals surface area contributed by atoms with Crippen LogP contribution in [0.25, 0.3) is 0 Å². The van der Waals surface area contributed by atoms with Gasteiger partial charge in [0.2, 0.25) is 5.91 Å². The molecule has 1 saturated carbocycles. The second kappa shape index (κ2) is 7.68. The Labute approximate surface area is 129 Å². The van der Waals surface area contributed by atoms with Gasteiger partial charge in [-0.3, -0.25) is 4.79 Å². The summed E-state index contributed by atoms with van der Waals surface area (Å²) >= 11 is 6.07. The Morgan fingerprint density at radius 1 is 1.20 bits per heavy atom. The van der Waals surface area contributed by atoms with E-state index in [9.17, 15) is 4.79 Å². The number of alkyl halides is 1. The standard InChI is InChI=1S/C17H30ClNO/c1-3-4-5-14-6-8-15(9-7-14)17(20)19-11-10-13(2)16(19)12-18/h13-16H,3-12H2,1-2H3. The molecule has 1 aliphatic heterocycles. The summed E-state index contributed by atoms with van der Waals surface area (Å²) in [6.07, 6.45) is 9.84. The second-order valence-electron chi connectivity index (χ2n) is 6.88. The first-order chi connectivity index (χ1) is 9.67. The number of carbonyl (C=O) groups excluding carboxylic acids is 1. The van der Waals surface area contributed by atoms with Gasteiger partial charge in [0, 0.05) is 24.4 Å². The maximum absolute atomic E-state index is 12.7. The van der Waals surface area contributed by atoms with Crippen molar-refractivity contribution in [3.63, 3.8) is 0 Å². The normalized spacial score (nSPS) is 34.5. The molecule has 2 atom stereocenters. The van der Waals surface area contributed by atoms with Crippen LogP contribution >= 0.6 is 11.6 Å². The third-order valence-electron chi connectivity index (χ3n) is 5.49. The number of likely N-dealkylation sites (tertiary alicyclic amines) is 1. The highest BCUT2D eigenvalue weighted by Crippen LogP contribution is 2.35. The van der Waals surface area contributed by atoms with Gasteiger partial charge in [0.05, 0.1) is 0 Å². The summed E-state index contributed by atoms with van der Waals surface area (Å²) in [7, 11) is 0. The molecule has 2 nitrogen and oxygen atoms in total. The molecule has 0 aromatic rings. The second-order valence-corrected chi connectivity index (χ2v) is 7.19. The summed E-state index contributed by atoms with van der Waals surface area (Å²) in [6, 6.07) is 0.280. The fourth-order valence-electron chi connectivity index (χ4n) is 3.94. The van der Waals surface area contributed by atoms with E-state index in [-0.39, 0.29) is 12.0 Å². The first-order valence-corrected chi connectivity index (χ1v) is 9.07. The molecule has 3 heteroatoms. The molecular weight excluding hydrogens is 270 g/mol. The number of unbranched alkanes of at least 4 members (excludes halogenated alkanes) is 1. The predicted octanol–water partition coefficient (Wildman–Crippen LogP) is 4.46. The van der Waals surface area contributed by atoms with E-state index in [4.69, 9.17) is 11.6 Å². The van der Waals surface area contributed by atoms with Gasteiger partial charge in [-0.1, -0.05) is 33.1 Å². The van der Waals surface area contributed by atoms with Gasteiger partial charge in [0.25, 0.3) is 0 Å². The third-order valence-corrected chi connectivity index (χ3v) is 5.80. The summed E-state index contributed by atoms with van der Waals surface area (Å²) in [5, 5.41) is 0. The summed E-state index contributed by atoms with van der Waals surface area (Å²) in [5.74, 6) is 2.72. The van der Waals surface area contributed by atoms with Crippen LogP contribution in [0.1, 0.15) is 65.2 Å². The van der Waals surface area contributed by atoms with Gasteiger partial charge in [-0.05, 0) is 43.9 Å². The van der Waals surface area contributed by atoms with E-state index in [1.54, 1.807) is 0 Å². The van der Waals surface area contributed by atoms with Crippen molar-refractivity contribution in [3.8, 4) is 0 Å². The van der Waals surface area contributed by atoms with Crippen molar-refractivity contribution >= 4 is 17.5 Å². The molecule has 2 aliphatic rings. The average molecular weight is 300 g/mol. The van der Waals surface area contributed by atoms with Crippen molar-refractivity contribution in [1.29, 1.82) is 0 Å². The van der Waals surface area contributed by atoms with E-state index in [1.807, 2.05) is 0 Å². The zero-order valence-electron chi connectivity index (χ0n) is 13.1. The topological polar surface area (TPSA) is 20.3 Å². The maximum Gasteiger partial charge on any atom is 0.225 e. The van der Waals surface area contributed by atoms with Crippen LogP contribution in [-0.4, -0.2) is 29.3 Å². The van der Waals surface area contributed by atoms with E-state index in [0.717, 1.165) is 31.7 Å². The Balaban J connectivity index is 1.82. The summed E-state index contributed by atoms with van der Waals surface area (Å²) in [6.45, 7) is 5.41. The van der Waals surface area contributed by atoms with Crippen molar-refractivity contribution in [2.24, 2.45) is 17.8 Å². The molecule has 2 unspecified atom stereocenters. The molecule has 2 fully saturated rings. The highest BCUT2D eigenvalue weighted by molar-refractivity contribution is 6.18. The number of nitrogens with zero attached hydrogens (tertiary/aromatic N) is 1. The van der Waals surface area contributed by atoms with Crippen LogP contribution in [0.4, 0.5) is 0 Å². The van der Waals surface area contributed by atoms with Crippen LogP contribution < -0.4 is 0 Å². The molecule has 20 heavy (non-hydrogen) atoms. The molecular formula is C17H30ClNO. The zero-order chi connectivity index (χ0) is 14.5. The Hall–Kier alpha value is -0.240. The lowest BCUT2D eigenvalue weighted by Gasteiger charge is -2.33. The van der Waals surface area contributed by atoms with Crippen LogP contribution in [0, 0.1) is 17.8 Å². The molecule has 1 aliphatic carbocycles. The Bertz CT molecular complexity index is 312. The summed E-state index contributed by atoms with van der Waals surface area (Å²) in [5.41, 5.74) is 0. The van der Waals surface area contributed by atoms with Gasteiger partial charge in [0.1, 0.15) is 0 Å². The van der Waals surface area contributed by atoms with Gasteiger partial charge < -0.3 is 4.90 Å². The van der Waals surface area contributed by atoms with Crippen molar-refractivity contribution < 1.29 is 4.79 Å². The van der Waals surface area contributed by atoms with Crippen LogP contribution in [0.5, 0.6) is 0 Å². The smallest absolute Gasteiger partial charge is 0.225 e. The lowest BCUT2D eigenvalue weighted by Crippen LogP contribution is -2.43. The molecule has 0 aromatic carbocycles. The molecule has 1 saturated heterocycles. The molecule has 0 N–H and O–H groups in total. The minimum Gasteiger partial charge on any atom is -0.338 e. The fraction of sp³-hybridized carbons (Fsp3) is 0.941. The quantitative estimate of drug-likeness (QED) is 0.686. The van der Waals surface area contributed by atoms with Crippen LogP contribution in [0.2, 0.25) is 0 Å². The number of rotatable bonds is 5. The molecule has 1 heterocycles. The molecule has 1 amide bonds. The highest BCUT2D eigenvalue weighted by Gasteiger charge is 2.37. The molecule has 0 radical (unpaired) electrons. The largest absolute Gasteiger partial charge is 0.338 e. The van der Waals surface area contributed by atoms with E-state index < -0.39 is 0 Å². The maximum atomic E-state index is 12.7. The number of amides is 1. The Morgan fingerprint density at radius 2 is 1.90 bits per heavy atom. The number of hydrogen-bond acceptors (Lipinski definition) is 1. The van der Waals surface area contributed by atoms with E-state index in [1.165, 1.54) is 32.1 Å². The van der Waals surface area contributed by atoms with Crippen LogP contribution in [-0.2, 0) is 4.79 Å². The third kappa shape index (κ3) is 3.69. The average Bonchev–Trinajstić information content (AvgIpc) is 2.85. The van der Waals surface area contributed by atoms with Gasteiger partial charge in [-0.15, -0.1) is 11.6 Å². The lowest BCUT2D eigenvalue weighted by atomic mass is 9.79. The molecule has 0 aromatic heterocycles. The predicted molar refractivity (Wildman–Crippen MR) is 85.0 cm³/mol. The van der Waals surface area contributed by atoms with Crippen molar-refractivity contribution in [3.05, 3.63) is 0 Å². The monoisotopic (exact) mass is 299 g/mol. The highest BCUT2D eigenvalue weighted by atomic mass is 35.5. The lowest BCUT2D eigenvalue weighted by molar-refractivity contribution is -0.137. The first-order valence-electron chi connectivity index (χ1n) is 8.53. The Kier molecular flexibility index (Phi) is 6.20.